The molecule has 1 N–H and O–H groups in total. The third-order valence-corrected chi connectivity index (χ3v) is 5.94. The van der Waals surface area contributed by atoms with Crippen molar-refractivity contribution in [3.05, 3.63) is 83.9 Å². The fourth-order valence-corrected chi connectivity index (χ4v) is 4.07. The van der Waals surface area contributed by atoms with Crippen molar-refractivity contribution in [2.24, 2.45) is 0 Å². The summed E-state index contributed by atoms with van der Waals surface area (Å²) < 4.78 is 21.9. The van der Waals surface area contributed by atoms with Gasteiger partial charge in [0.1, 0.15) is 29.0 Å². The highest BCUT2D eigenvalue weighted by Crippen LogP contribution is 2.27. The van der Waals surface area contributed by atoms with Gasteiger partial charge in [0.15, 0.2) is 6.61 Å². The minimum absolute atomic E-state index is 0.190. The van der Waals surface area contributed by atoms with Crippen LogP contribution in [0.5, 0.6) is 23.0 Å². The molecule has 0 saturated heterocycles. The number of hydrogen-bond acceptors (Lipinski definition) is 6. The van der Waals surface area contributed by atoms with Gasteiger partial charge < -0.3 is 29.2 Å². The number of benzene rings is 3. The van der Waals surface area contributed by atoms with Crippen LogP contribution in [0.1, 0.15) is 31.9 Å². The molecular formula is C31H38N2O6. The molecular weight excluding hydrogens is 496 g/mol. The second kappa shape index (κ2) is 13.6. The summed E-state index contributed by atoms with van der Waals surface area (Å²) in [6, 6.07) is 21.4. The van der Waals surface area contributed by atoms with Crippen LogP contribution in [0.4, 0.5) is 0 Å². The highest BCUT2D eigenvalue weighted by Gasteiger charge is 2.32. The monoisotopic (exact) mass is 534 g/mol. The molecule has 8 nitrogen and oxygen atoms in total. The van der Waals surface area contributed by atoms with Gasteiger partial charge >= 0.3 is 0 Å². The van der Waals surface area contributed by atoms with Crippen molar-refractivity contribution in [1.29, 1.82) is 0 Å². The summed E-state index contributed by atoms with van der Waals surface area (Å²) in [5.41, 5.74) is 1.28. The van der Waals surface area contributed by atoms with Gasteiger partial charge in [0.2, 0.25) is 5.91 Å². The quantitative estimate of drug-likeness (QED) is 0.364. The molecule has 0 heterocycles. The standard InChI is InChI=1S/C31H38N2O6/c1-31(2,3)32-30(35)28(16-22-11-8-7-9-12-22)33(20-23-13-10-14-24(15-23)36-4)29(34)21-39-27-18-25(37-5)17-26(19-27)38-6/h7-15,17-19,28H,16,20-21H2,1-6H3,(H,32,35). The Balaban J connectivity index is 1.96. The zero-order valence-corrected chi connectivity index (χ0v) is 23.5. The predicted molar refractivity (Wildman–Crippen MR) is 150 cm³/mol. The molecule has 39 heavy (non-hydrogen) atoms. The van der Waals surface area contributed by atoms with E-state index in [0.717, 1.165) is 11.1 Å². The number of nitrogens with one attached hydrogen (secondary N) is 1. The van der Waals surface area contributed by atoms with E-state index in [1.165, 1.54) is 0 Å². The maximum atomic E-state index is 13.8. The Labute approximate surface area is 230 Å². The maximum absolute atomic E-state index is 13.8. The number of nitrogens with zero attached hydrogens (tertiary/aromatic N) is 1. The van der Waals surface area contributed by atoms with E-state index in [4.69, 9.17) is 18.9 Å². The molecule has 0 aliphatic carbocycles. The zero-order valence-electron chi connectivity index (χ0n) is 23.5. The fraction of sp³-hybridized carbons (Fsp3) is 0.355. The Morgan fingerprint density at radius 3 is 1.95 bits per heavy atom. The van der Waals surface area contributed by atoms with Gasteiger partial charge in [0.25, 0.3) is 5.91 Å². The highest BCUT2D eigenvalue weighted by molar-refractivity contribution is 5.89. The maximum Gasteiger partial charge on any atom is 0.261 e. The summed E-state index contributed by atoms with van der Waals surface area (Å²) in [4.78, 5) is 29.0. The van der Waals surface area contributed by atoms with Crippen molar-refractivity contribution in [2.45, 2.75) is 45.3 Å². The fourth-order valence-electron chi connectivity index (χ4n) is 4.07. The number of methoxy groups -OCH3 is 3. The van der Waals surface area contributed by atoms with E-state index in [1.54, 1.807) is 44.4 Å². The normalized spacial score (nSPS) is 11.7. The van der Waals surface area contributed by atoms with Gasteiger partial charge in [-0.25, -0.2) is 0 Å². The zero-order chi connectivity index (χ0) is 28.4. The summed E-state index contributed by atoms with van der Waals surface area (Å²) in [6.45, 7) is 5.65. The van der Waals surface area contributed by atoms with E-state index in [2.05, 4.69) is 5.32 Å². The van der Waals surface area contributed by atoms with Crippen molar-refractivity contribution in [3.63, 3.8) is 0 Å². The molecule has 3 aromatic rings. The molecule has 0 aliphatic heterocycles. The number of amides is 2. The molecule has 0 fully saturated rings. The smallest absolute Gasteiger partial charge is 0.261 e. The van der Waals surface area contributed by atoms with E-state index in [0.29, 0.717) is 29.4 Å². The molecule has 0 spiro atoms. The third kappa shape index (κ3) is 8.95. The first-order chi connectivity index (χ1) is 18.6. The van der Waals surface area contributed by atoms with Crippen LogP contribution in [0.25, 0.3) is 0 Å². The van der Waals surface area contributed by atoms with Gasteiger partial charge in [0.05, 0.1) is 21.3 Å². The first-order valence-electron chi connectivity index (χ1n) is 12.8. The molecule has 0 bridgehead atoms. The molecule has 2 amide bonds. The summed E-state index contributed by atoms with van der Waals surface area (Å²) in [6.07, 6.45) is 0.339. The van der Waals surface area contributed by atoms with Crippen LogP contribution >= 0.6 is 0 Å². The molecule has 3 aromatic carbocycles. The van der Waals surface area contributed by atoms with Crippen LogP contribution in [0.15, 0.2) is 72.8 Å². The van der Waals surface area contributed by atoms with Crippen molar-refractivity contribution >= 4 is 11.8 Å². The van der Waals surface area contributed by atoms with Crippen LogP contribution < -0.4 is 24.3 Å². The van der Waals surface area contributed by atoms with Crippen molar-refractivity contribution in [3.8, 4) is 23.0 Å². The van der Waals surface area contributed by atoms with Crippen molar-refractivity contribution < 1.29 is 28.5 Å². The second-order valence-electron chi connectivity index (χ2n) is 10.2. The molecule has 8 heteroatoms. The van der Waals surface area contributed by atoms with E-state index in [9.17, 15) is 9.59 Å². The largest absolute Gasteiger partial charge is 0.497 e. The Morgan fingerprint density at radius 2 is 1.36 bits per heavy atom. The lowest BCUT2D eigenvalue weighted by Crippen LogP contribution is -2.55. The molecule has 0 aromatic heterocycles. The first kappa shape index (κ1) is 29.4. The predicted octanol–water partition coefficient (Wildman–Crippen LogP) is 4.65. The van der Waals surface area contributed by atoms with E-state index >= 15 is 0 Å². The minimum Gasteiger partial charge on any atom is -0.497 e. The van der Waals surface area contributed by atoms with Crippen molar-refractivity contribution in [2.75, 3.05) is 27.9 Å². The molecule has 0 radical (unpaired) electrons. The van der Waals surface area contributed by atoms with Crippen LogP contribution in [-0.4, -0.2) is 56.2 Å². The molecule has 1 unspecified atom stereocenters. The average Bonchev–Trinajstić information content (AvgIpc) is 2.93. The van der Waals surface area contributed by atoms with E-state index < -0.39 is 11.6 Å². The van der Waals surface area contributed by atoms with E-state index in [-0.39, 0.29) is 25.0 Å². The molecule has 3 rings (SSSR count). The number of hydrogen-bond donors (Lipinski definition) is 1. The van der Waals surface area contributed by atoms with Crippen LogP contribution in [0.2, 0.25) is 0 Å². The van der Waals surface area contributed by atoms with Crippen LogP contribution in [0.3, 0.4) is 0 Å². The molecule has 0 aliphatic rings. The average molecular weight is 535 g/mol. The minimum atomic E-state index is -0.784. The third-order valence-electron chi connectivity index (χ3n) is 5.94. The van der Waals surface area contributed by atoms with Crippen LogP contribution in [0, 0.1) is 0 Å². The first-order valence-corrected chi connectivity index (χ1v) is 12.8. The highest BCUT2D eigenvalue weighted by atomic mass is 16.5. The Hall–Kier alpha value is -4.20. The summed E-state index contributed by atoms with van der Waals surface area (Å²) in [5.74, 6) is 1.57. The SMILES string of the molecule is COc1cccc(CN(C(=O)COc2cc(OC)cc(OC)c2)C(Cc2ccccc2)C(=O)NC(C)(C)C)c1. The van der Waals surface area contributed by atoms with Gasteiger partial charge in [0, 0.05) is 36.7 Å². The Bertz CT molecular complexity index is 1220. The van der Waals surface area contributed by atoms with Gasteiger partial charge in [-0.1, -0.05) is 42.5 Å². The number of carbonyl (C=O) groups excluding carboxylic acids is 2. The Kier molecular flexibility index (Phi) is 10.2. The molecule has 0 saturated carbocycles. The number of rotatable bonds is 12. The topological polar surface area (TPSA) is 86.3 Å². The lowest BCUT2D eigenvalue weighted by atomic mass is 10.0. The van der Waals surface area contributed by atoms with Gasteiger partial charge in [-0.2, -0.15) is 0 Å². The molecule has 208 valence electrons. The van der Waals surface area contributed by atoms with Gasteiger partial charge in [-0.15, -0.1) is 0 Å². The van der Waals surface area contributed by atoms with Crippen LogP contribution in [-0.2, 0) is 22.6 Å². The van der Waals surface area contributed by atoms with Gasteiger partial charge in [-0.05, 0) is 44.0 Å². The summed E-state index contributed by atoms with van der Waals surface area (Å²) in [7, 11) is 4.68. The molecule has 1 atom stereocenters. The summed E-state index contributed by atoms with van der Waals surface area (Å²) >= 11 is 0. The number of ether oxygens (including phenoxy) is 4. The number of carbonyl (C=O) groups is 2. The van der Waals surface area contributed by atoms with Crippen molar-refractivity contribution in [1.82, 2.24) is 10.2 Å². The van der Waals surface area contributed by atoms with Gasteiger partial charge in [-0.3, -0.25) is 9.59 Å². The Morgan fingerprint density at radius 1 is 0.769 bits per heavy atom. The van der Waals surface area contributed by atoms with E-state index in [1.807, 2.05) is 75.4 Å². The second-order valence-corrected chi connectivity index (χ2v) is 10.2. The lowest BCUT2D eigenvalue weighted by Gasteiger charge is -2.33. The lowest BCUT2D eigenvalue weighted by molar-refractivity contribution is -0.143. The summed E-state index contributed by atoms with van der Waals surface area (Å²) in [5, 5.41) is 3.06.